The molecule has 0 saturated carbocycles. The van der Waals surface area contributed by atoms with Gasteiger partial charge in [0, 0.05) is 20.2 Å². The first-order valence-electron chi connectivity index (χ1n) is 6.06. The highest BCUT2D eigenvalue weighted by atomic mass is 16.5. The number of methoxy groups -OCH3 is 1. The highest BCUT2D eigenvalue weighted by Gasteiger charge is 1.98. The number of rotatable bonds is 8. The summed E-state index contributed by atoms with van der Waals surface area (Å²) in [6.07, 6.45) is 0.972. The molecule has 0 aromatic heterocycles. The largest absolute Gasteiger partial charge is 0.494 e. The van der Waals surface area contributed by atoms with Crippen molar-refractivity contribution in [3.05, 3.63) is 29.8 Å². The summed E-state index contributed by atoms with van der Waals surface area (Å²) in [6.45, 7) is 3.36. The zero-order chi connectivity index (χ0) is 13.2. The molecule has 4 nitrogen and oxygen atoms in total. The topological polar surface area (TPSA) is 45.5 Å². The van der Waals surface area contributed by atoms with Crippen molar-refractivity contribution in [2.45, 2.75) is 6.42 Å². The van der Waals surface area contributed by atoms with Crippen molar-refractivity contribution >= 4 is 0 Å². The lowest BCUT2D eigenvalue weighted by Crippen LogP contribution is -2.25. The monoisotopic (exact) mass is 248 g/mol. The van der Waals surface area contributed by atoms with Crippen LogP contribution in [-0.4, -0.2) is 45.4 Å². The molecule has 0 fully saturated rings. The number of hydrogen-bond donors (Lipinski definition) is 0. The number of hydrogen-bond acceptors (Lipinski definition) is 4. The molecule has 0 aliphatic rings. The molecule has 1 aromatic rings. The third-order valence-corrected chi connectivity index (χ3v) is 2.61. The maximum atomic E-state index is 8.67. The molecular formula is C14H20N2O2. The van der Waals surface area contributed by atoms with Gasteiger partial charge in [-0.2, -0.15) is 5.26 Å². The number of benzene rings is 1. The van der Waals surface area contributed by atoms with Gasteiger partial charge in [-0.15, -0.1) is 0 Å². The van der Waals surface area contributed by atoms with Crippen molar-refractivity contribution < 1.29 is 9.47 Å². The van der Waals surface area contributed by atoms with E-state index in [9.17, 15) is 0 Å². The zero-order valence-corrected chi connectivity index (χ0v) is 11.1. The van der Waals surface area contributed by atoms with Crippen molar-refractivity contribution in [1.29, 1.82) is 5.26 Å². The molecule has 0 unspecified atom stereocenters. The minimum Gasteiger partial charge on any atom is -0.494 e. The van der Waals surface area contributed by atoms with Gasteiger partial charge in [-0.05, 0) is 37.7 Å². The number of ether oxygens (including phenoxy) is 2. The fourth-order valence-corrected chi connectivity index (χ4v) is 1.51. The summed E-state index contributed by atoms with van der Waals surface area (Å²) in [4.78, 5) is 2.21. The molecule has 0 N–H and O–H groups in total. The van der Waals surface area contributed by atoms with E-state index in [0.717, 1.165) is 31.9 Å². The second-order valence-electron chi connectivity index (χ2n) is 4.13. The van der Waals surface area contributed by atoms with E-state index < -0.39 is 0 Å². The average molecular weight is 248 g/mol. The number of likely N-dealkylation sites (N-methyl/N-ethyl adjacent to an activating group) is 1. The lowest BCUT2D eigenvalue weighted by atomic mass is 10.2. The molecule has 0 radical (unpaired) electrons. The van der Waals surface area contributed by atoms with Crippen molar-refractivity contribution in [3.63, 3.8) is 0 Å². The summed E-state index contributed by atoms with van der Waals surface area (Å²) in [6, 6.07) is 9.26. The molecule has 0 atom stereocenters. The van der Waals surface area contributed by atoms with Crippen LogP contribution in [0.5, 0.6) is 5.75 Å². The Hall–Kier alpha value is -1.57. The third-order valence-electron chi connectivity index (χ3n) is 2.61. The summed E-state index contributed by atoms with van der Waals surface area (Å²) in [5.41, 5.74) is 0.654. The molecule has 0 spiro atoms. The summed E-state index contributed by atoms with van der Waals surface area (Å²) in [5.74, 6) is 0.813. The van der Waals surface area contributed by atoms with Crippen LogP contribution < -0.4 is 4.74 Å². The number of nitriles is 1. The smallest absolute Gasteiger partial charge is 0.119 e. The Morgan fingerprint density at radius 3 is 2.50 bits per heavy atom. The molecule has 0 bridgehead atoms. The van der Waals surface area contributed by atoms with Crippen LogP contribution in [0.1, 0.15) is 12.0 Å². The minimum absolute atomic E-state index is 0.654. The number of nitrogens with zero attached hydrogens (tertiary/aromatic N) is 2. The molecule has 4 heteroatoms. The molecule has 0 heterocycles. The molecule has 0 aliphatic carbocycles. The second-order valence-corrected chi connectivity index (χ2v) is 4.13. The van der Waals surface area contributed by atoms with E-state index >= 15 is 0 Å². The van der Waals surface area contributed by atoms with E-state index in [1.165, 1.54) is 0 Å². The van der Waals surface area contributed by atoms with Crippen molar-refractivity contribution in [1.82, 2.24) is 4.90 Å². The first-order valence-corrected chi connectivity index (χ1v) is 6.06. The molecule has 1 rings (SSSR count). The third kappa shape index (κ3) is 5.67. The maximum Gasteiger partial charge on any atom is 0.119 e. The van der Waals surface area contributed by atoms with Crippen LogP contribution in [0, 0.1) is 11.3 Å². The van der Waals surface area contributed by atoms with Crippen LogP contribution in [0.3, 0.4) is 0 Å². The van der Waals surface area contributed by atoms with E-state index in [2.05, 4.69) is 18.0 Å². The van der Waals surface area contributed by atoms with Crippen LogP contribution in [0.4, 0.5) is 0 Å². The zero-order valence-electron chi connectivity index (χ0n) is 11.1. The van der Waals surface area contributed by atoms with Crippen LogP contribution in [-0.2, 0) is 4.74 Å². The van der Waals surface area contributed by atoms with Crippen LogP contribution >= 0.6 is 0 Å². The Balaban J connectivity index is 2.15. The van der Waals surface area contributed by atoms with Crippen LogP contribution in [0.15, 0.2) is 24.3 Å². The van der Waals surface area contributed by atoms with E-state index in [1.54, 1.807) is 19.2 Å². The fraction of sp³-hybridized carbons (Fsp3) is 0.500. The van der Waals surface area contributed by atoms with Crippen molar-refractivity contribution in [3.8, 4) is 11.8 Å². The molecule has 0 amide bonds. The predicted molar refractivity (Wildman–Crippen MR) is 70.6 cm³/mol. The van der Waals surface area contributed by atoms with Gasteiger partial charge >= 0.3 is 0 Å². The van der Waals surface area contributed by atoms with E-state index in [0.29, 0.717) is 12.2 Å². The predicted octanol–water partition coefficient (Wildman–Crippen LogP) is 1.91. The van der Waals surface area contributed by atoms with Gasteiger partial charge in [0.25, 0.3) is 0 Å². The van der Waals surface area contributed by atoms with Crippen LogP contribution in [0.25, 0.3) is 0 Å². The Morgan fingerprint density at radius 1 is 1.17 bits per heavy atom. The van der Waals surface area contributed by atoms with E-state index in [4.69, 9.17) is 14.7 Å². The quantitative estimate of drug-likeness (QED) is 0.659. The molecule has 1 aromatic carbocycles. The van der Waals surface area contributed by atoms with Gasteiger partial charge in [-0.25, -0.2) is 0 Å². The van der Waals surface area contributed by atoms with Gasteiger partial charge in [-0.1, -0.05) is 0 Å². The first kappa shape index (κ1) is 14.5. The lowest BCUT2D eigenvalue weighted by Gasteiger charge is -2.15. The molecule has 98 valence electrons. The SMILES string of the molecule is COCCN(C)CCCOc1ccc(C#N)cc1. The Labute approximate surface area is 109 Å². The summed E-state index contributed by atoms with van der Waals surface area (Å²) >= 11 is 0. The molecule has 0 aliphatic heterocycles. The first-order chi connectivity index (χ1) is 8.76. The lowest BCUT2D eigenvalue weighted by molar-refractivity contribution is 0.157. The Morgan fingerprint density at radius 2 is 1.89 bits per heavy atom. The van der Waals surface area contributed by atoms with Gasteiger partial charge in [0.2, 0.25) is 0 Å². The highest BCUT2D eigenvalue weighted by Crippen LogP contribution is 2.11. The molecule has 18 heavy (non-hydrogen) atoms. The van der Waals surface area contributed by atoms with E-state index in [-0.39, 0.29) is 0 Å². The van der Waals surface area contributed by atoms with Crippen molar-refractivity contribution in [2.24, 2.45) is 0 Å². The summed E-state index contributed by atoms with van der Waals surface area (Å²) in [7, 11) is 3.78. The van der Waals surface area contributed by atoms with Gasteiger partial charge in [-0.3, -0.25) is 0 Å². The van der Waals surface area contributed by atoms with Crippen LogP contribution in [0.2, 0.25) is 0 Å². The minimum atomic E-state index is 0.654. The Kier molecular flexibility index (Phi) is 6.85. The highest BCUT2D eigenvalue weighted by molar-refractivity contribution is 5.34. The normalized spacial score (nSPS) is 10.3. The van der Waals surface area contributed by atoms with E-state index in [1.807, 2.05) is 12.1 Å². The van der Waals surface area contributed by atoms with Gasteiger partial charge in [0.1, 0.15) is 5.75 Å². The average Bonchev–Trinajstić information content (AvgIpc) is 2.42. The maximum absolute atomic E-state index is 8.67. The summed E-state index contributed by atoms with van der Waals surface area (Å²) in [5, 5.41) is 8.67. The fourth-order valence-electron chi connectivity index (χ4n) is 1.51. The molecular weight excluding hydrogens is 228 g/mol. The van der Waals surface area contributed by atoms with Crippen molar-refractivity contribution in [2.75, 3.05) is 40.5 Å². The van der Waals surface area contributed by atoms with Gasteiger partial charge in [0.05, 0.1) is 24.8 Å². The summed E-state index contributed by atoms with van der Waals surface area (Å²) < 4.78 is 10.6. The Bertz CT molecular complexity index is 370. The standard InChI is InChI=1S/C14H20N2O2/c1-16(9-11-17-2)8-3-10-18-14-6-4-13(12-15)5-7-14/h4-7H,3,8-11H2,1-2H3. The van der Waals surface area contributed by atoms with Gasteiger partial charge in [0.15, 0.2) is 0 Å². The van der Waals surface area contributed by atoms with Gasteiger partial charge < -0.3 is 14.4 Å². The second kappa shape index (κ2) is 8.51. The molecule has 0 saturated heterocycles.